The quantitative estimate of drug-likeness (QED) is 0.793. The van der Waals surface area contributed by atoms with Crippen LogP contribution in [0.2, 0.25) is 0 Å². The van der Waals surface area contributed by atoms with Crippen molar-refractivity contribution in [2.24, 2.45) is 5.92 Å². The maximum absolute atomic E-state index is 6.03. The van der Waals surface area contributed by atoms with E-state index >= 15 is 0 Å². The standard InChI is InChI=1S/C12H17BrN2/c1-9-3-2-6-15(8-9)12-5-4-10(13)7-11(12)14/h4-5,7,9H,2-3,6,8,14H2,1H3/t9-/m0/s1. The Balaban J connectivity index is 2.21. The van der Waals surface area contributed by atoms with Gasteiger partial charge in [0.05, 0.1) is 11.4 Å². The largest absolute Gasteiger partial charge is 0.397 e. The molecule has 0 radical (unpaired) electrons. The molecular weight excluding hydrogens is 252 g/mol. The molecular formula is C12H17BrN2. The number of halogens is 1. The molecule has 1 aromatic carbocycles. The second kappa shape index (κ2) is 4.44. The number of hydrogen-bond acceptors (Lipinski definition) is 2. The summed E-state index contributed by atoms with van der Waals surface area (Å²) in [7, 11) is 0. The summed E-state index contributed by atoms with van der Waals surface area (Å²) in [4.78, 5) is 2.40. The lowest BCUT2D eigenvalue weighted by Crippen LogP contribution is -2.34. The molecule has 3 heteroatoms. The molecule has 0 bridgehead atoms. The van der Waals surface area contributed by atoms with E-state index in [2.05, 4.69) is 39.9 Å². The van der Waals surface area contributed by atoms with Crippen LogP contribution in [-0.2, 0) is 0 Å². The molecule has 1 saturated heterocycles. The molecule has 1 fully saturated rings. The minimum Gasteiger partial charge on any atom is -0.397 e. The van der Waals surface area contributed by atoms with Crippen molar-refractivity contribution in [1.29, 1.82) is 0 Å². The van der Waals surface area contributed by atoms with E-state index in [1.165, 1.54) is 18.5 Å². The van der Waals surface area contributed by atoms with E-state index < -0.39 is 0 Å². The Morgan fingerprint density at radius 3 is 2.93 bits per heavy atom. The van der Waals surface area contributed by atoms with E-state index in [1.807, 2.05) is 6.07 Å². The third-order valence-electron chi connectivity index (χ3n) is 2.99. The van der Waals surface area contributed by atoms with Gasteiger partial charge in [0.2, 0.25) is 0 Å². The van der Waals surface area contributed by atoms with Gasteiger partial charge in [0, 0.05) is 17.6 Å². The molecule has 82 valence electrons. The van der Waals surface area contributed by atoms with Crippen molar-refractivity contribution in [2.45, 2.75) is 19.8 Å². The molecule has 2 nitrogen and oxygen atoms in total. The van der Waals surface area contributed by atoms with Crippen LogP contribution >= 0.6 is 15.9 Å². The molecule has 0 aliphatic carbocycles. The van der Waals surface area contributed by atoms with Gasteiger partial charge < -0.3 is 10.6 Å². The Kier molecular flexibility index (Phi) is 3.19. The summed E-state index contributed by atoms with van der Waals surface area (Å²) in [6.45, 7) is 4.57. The zero-order valence-electron chi connectivity index (χ0n) is 9.04. The molecule has 1 aliphatic heterocycles. The number of anilines is 2. The number of nitrogens with zero attached hydrogens (tertiary/aromatic N) is 1. The summed E-state index contributed by atoms with van der Waals surface area (Å²) >= 11 is 3.43. The van der Waals surface area contributed by atoms with Crippen LogP contribution in [0.3, 0.4) is 0 Å². The lowest BCUT2D eigenvalue weighted by atomic mass is 9.99. The highest BCUT2D eigenvalue weighted by atomic mass is 79.9. The zero-order valence-corrected chi connectivity index (χ0v) is 10.6. The third kappa shape index (κ3) is 2.46. The molecule has 1 aromatic rings. The summed E-state index contributed by atoms with van der Waals surface area (Å²) in [5.74, 6) is 0.779. The van der Waals surface area contributed by atoms with Gasteiger partial charge in [0.25, 0.3) is 0 Å². The molecule has 2 rings (SSSR count). The number of rotatable bonds is 1. The van der Waals surface area contributed by atoms with Gasteiger partial charge in [-0.05, 0) is 37.0 Å². The molecule has 0 saturated carbocycles. The summed E-state index contributed by atoms with van der Waals surface area (Å²) in [6, 6.07) is 6.15. The van der Waals surface area contributed by atoms with E-state index in [9.17, 15) is 0 Å². The van der Waals surface area contributed by atoms with Crippen molar-refractivity contribution < 1.29 is 0 Å². The number of nitrogen functional groups attached to an aromatic ring is 1. The first-order valence-electron chi connectivity index (χ1n) is 5.47. The van der Waals surface area contributed by atoms with Crippen molar-refractivity contribution >= 4 is 27.3 Å². The maximum atomic E-state index is 6.03. The van der Waals surface area contributed by atoms with Crippen LogP contribution in [0.15, 0.2) is 22.7 Å². The van der Waals surface area contributed by atoms with Gasteiger partial charge in [0.15, 0.2) is 0 Å². The molecule has 15 heavy (non-hydrogen) atoms. The molecule has 0 unspecified atom stereocenters. The van der Waals surface area contributed by atoms with E-state index in [-0.39, 0.29) is 0 Å². The number of hydrogen-bond donors (Lipinski definition) is 1. The van der Waals surface area contributed by atoms with Crippen molar-refractivity contribution in [1.82, 2.24) is 0 Å². The molecule has 0 aromatic heterocycles. The van der Waals surface area contributed by atoms with Gasteiger partial charge in [-0.2, -0.15) is 0 Å². The molecule has 0 spiro atoms. The first-order valence-corrected chi connectivity index (χ1v) is 6.26. The maximum Gasteiger partial charge on any atom is 0.0600 e. The normalized spacial score (nSPS) is 21.7. The van der Waals surface area contributed by atoms with Crippen molar-refractivity contribution in [3.05, 3.63) is 22.7 Å². The Morgan fingerprint density at radius 1 is 1.47 bits per heavy atom. The van der Waals surface area contributed by atoms with Crippen LogP contribution in [0, 0.1) is 5.92 Å². The van der Waals surface area contributed by atoms with Crippen molar-refractivity contribution in [3.8, 4) is 0 Å². The fourth-order valence-electron chi connectivity index (χ4n) is 2.22. The lowest BCUT2D eigenvalue weighted by molar-refractivity contribution is 0.447. The Labute approximate surface area is 99.6 Å². The van der Waals surface area contributed by atoms with Gasteiger partial charge in [-0.3, -0.25) is 0 Å². The Bertz CT molecular complexity index is 351. The van der Waals surface area contributed by atoms with Crippen LogP contribution in [0.4, 0.5) is 11.4 Å². The molecule has 1 atom stereocenters. The lowest BCUT2D eigenvalue weighted by Gasteiger charge is -2.33. The molecule has 2 N–H and O–H groups in total. The molecule has 1 aliphatic rings. The molecule has 1 heterocycles. The van der Waals surface area contributed by atoms with E-state index in [4.69, 9.17) is 5.73 Å². The van der Waals surface area contributed by atoms with Crippen molar-refractivity contribution in [3.63, 3.8) is 0 Å². The average molecular weight is 269 g/mol. The van der Waals surface area contributed by atoms with Gasteiger partial charge in [-0.15, -0.1) is 0 Å². The molecule has 0 amide bonds. The second-order valence-corrected chi connectivity index (χ2v) is 5.31. The zero-order chi connectivity index (χ0) is 10.8. The van der Waals surface area contributed by atoms with Crippen LogP contribution in [0.1, 0.15) is 19.8 Å². The predicted octanol–water partition coefficient (Wildman–Crippen LogP) is 3.27. The minimum absolute atomic E-state index is 0.779. The highest BCUT2D eigenvalue weighted by molar-refractivity contribution is 9.10. The van der Waals surface area contributed by atoms with Crippen LogP contribution in [-0.4, -0.2) is 13.1 Å². The van der Waals surface area contributed by atoms with E-state index in [1.54, 1.807) is 0 Å². The van der Waals surface area contributed by atoms with Crippen molar-refractivity contribution in [2.75, 3.05) is 23.7 Å². The highest BCUT2D eigenvalue weighted by Crippen LogP contribution is 2.30. The fraction of sp³-hybridized carbons (Fsp3) is 0.500. The van der Waals surface area contributed by atoms with Gasteiger partial charge >= 0.3 is 0 Å². The van der Waals surface area contributed by atoms with Crippen LogP contribution in [0.25, 0.3) is 0 Å². The first kappa shape index (κ1) is 10.8. The monoisotopic (exact) mass is 268 g/mol. The summed E-state index contributed by atoms with van der Waals surface area (Å²) in [5.41, 5.74) is 8.08. The first-order chi connectivity index (χ1) is 7.16. The smallest absolute Gasteiger partial charge is 0.0600 e. The SMILES string of the molecule is C[C@H]1CCCN(c2ccc(Br)cc2N)C1. The van der Waals surface area contributed by atoms with Crippen LogP contribution in [0.5, 0.6) is 0 Å². The predicted molar refractivity (Wildman–Crippen MR) is 69.2 cm³/mol. The summed E-state index contributed by atoms with van der Waals surface area (Å²) in [6.07, 6.45) is 2.61. The second-order valence-electron chi connectivity index (χ2n) is 4.40. The number of nitrogens with two attached hydrogens (primary N) is 1. The Morgan fingerprint density at radius 2 is 2.27 bits per heavy atom. The van der Waals surface area contributed by atoms with Gasteiger partial charge in [-0.1, -0.05) is 22.9 Å². The van der Waals surface area contributed by atoms with Gasteiger partial charge in [-0.25, -0.2) is 0 Å². The van der Waals surface area contributed by atoms with Gasteiger partial charge in [0.1, 0.15) is 0 Å². The minimum atomic E-state index is 0.779. The third-order valence-corrected chi connectivity index (χ3v) is 3.48. The summed E-state index contributed by atoms with van der Waals surface area (Å²) in [5, 5.41) is 0. The Hall–Kier alpha value is -0.700. The average Bonchev–Trinajstić information content (AvgIpc) is 2.17. The summed E-state index contributed by atoms with van der Waals surface area (Å²) < 4.78 is 1.05. The number of benzene rings is 1. The fourth-order valence-corrected chi connectivity index (χ4v) is 2.60. The number of piperidine rings is 1. The van der Waals surface area contributed by atoms with E-state index in [0.717, 1.165) is 29.2 Å². The van der Waals surface area contributed by atoms with E-state index in [0.29, 0.717) is 0 Å². The van der Waals surface area contributed by atoms with Crippen LogP contribution < -0.4 is 10.6 Å². The highest BCUT2D eigenvalue weighted by Gasteiger charge is 2.17. The topological polar surface area (TPSA) is 29.3 Å².